The van der Waals surface area contributed by atoms with Crippen LogP contribution in [0.15, 0.2) is 112 Å². The minimum Gasteiger partial charge on any atom is -0.741 e. The van der Waals surface area contributed by atoms with Crippen LogP contribution in [0.2, 0.25) is 0 Å². The van der Waals surface area contributed by atoms with Crippen LogP contribution >= 0.6 is 0 Å². The molecule has 0 bridgehead atoms. The van der Waals surface area contributed by atoms with Crippen LogP contribution in [0.1, 0.15) is 15.9 Å². The Morgan fingerprint density at radius 2 is 1.29 bits per heavy atom. The van der Waals surface area contributed by atoms with E-state index in [1.807, 2.05) is 84.9 Å². The number of fused-ring (bicyclic) bond motifs is 2. The number of hydrogen-bond donors (Lipinski definition) is 0. The van der Waals surface area contributed by atoms with Crippen LogP contribution in [0.25, 0.3) is 0 Å². The number of ether oxygens (including phenoxy) is 2. The lowest BCUT2D eigenvalue weighted by Gasteiger charge is -2.20. The lowest BCUT2D eigenvalue weighted by Crippen LogP contribution is -2.21. The van der Waals surface area contributed by atoms with Crippen molar-refractivity contribution in [3.63, 3.8) is 0 Å². The Morgan fingerprint density at radius 1 is 0.789 bits per heavy atom. The molecule has 0 spiro atoms. The number of para-hydroxylation sites is 2. The summed E-state index contributed by atoms with van der Waals surface area (Å²) < 4.78 is 70.8. The van der Waals surface area contributed by atoms with Gasteiger partial charge in [-0.25, -0.2) is 8.42 Å². The Bertz CT molecular complexity index is 1530. The highest BCUT2D eigenvalue weighted by Gasteiger charge is 2.41. The predicted molar refractivity (Wildman–Crippen MR) is 134 cm³/mol. The monoisotopic (exact) mass is 560 g/mol. The van der Waals surface area contributed by atoms with Gasteiger partial charge in [-0.05, 0) is 36.4 Å². The SMILES string of the molecule is COc1ccc(C(=O)c2ccccc2)cc1[S+]1c2ccccc2Oc2ccccc21.O=S(=O)([O-])C(F)(F)F. The van der Waals surface area contributed by atoms with Crippen molar-refractivity contribution >= 4 is 26.8 Å². The van der Waals surface area contributed by atoms with Crippen LogP contribution in [0, 0.1) is 0 Å². The standard InChI is InChI=1S/C26H19O3S.CHF3O3S/c1-28-20-16-15-19(26(27)18-9-3-2-4-10-18)17-25(20)30-23-13-7-5-11-21(23)29-22-12-6-8-14-24(22)30;2-1(3,4)8(5,6)7/h2-17H,1H3;(H,5,6,7)/q+1;/p-1. The highest BCUT2D eigenvalue weighted by molar-refractivity contribution is 7.97. The van der Waals surface area contributed by atoms with Crippen LogP contribution in [0.3, 0.4) is 0 Å². The van der Waals surface area contributed by atoms with Gasteiger partial charge in [0, 0.05) is 17.2 Å². The van der Waals surface area contributed by atoms with Crippen molar-refractivity contribution in [3.05, 3.63) is 108 Å². The van der Waals surface area contributed by atoms with E-state index in [1.54, 1.807) is 7.11 Å². The minimum absolute atomic E-state index is 0.00191. The van der Waals surface area contributed by atoms with Crippen LogP contribution in [-0.2, 0) is 21.0 Å². The molecular formula is C27H19F3O6S2. The van der Waals surface area contributed by atoms with Gasteiger partial charge in [-0.3, -0.25) is 4.79 Å². The number of ketones is 1. The van der Waals surface area contributed by atoms with Crippen molar-refractivity contribution in [1.29, 1.82) is 0 Å². The van der Waals surface area contributed by atoms with Crippen molar-refractivity contribution in [2.45, 2.75) is 20.2 Å². The Kier molecular flexibility index (Phi) is 7.81. The number of halogens is 3. The van der Waals surface area contributed by atoms with Gasteiger partial charge in [0.15, 0.2) is 33.1 Å². The molecule has 0 aliphatic carbocycles. The highest BCUT2D eigenvalue weighted by Crippen LogP contribution is 2.48. The van der Waals surface area contributed by atoms with Gasteiger partial charge in [0.2, 0.25) is 14.7 Å². The average molecular weight is 561 g/mol. The molecule has 1 aliphatic heterocycles. The molecule has 1 heterocycles. The third-order valence-electron chi connectivity index (χ3n) is 5.32. The Hall–Kier alpha value is -3.80. The van der Waals surface area contributed by atoms with E-state index in [2.05, 4.69) is 12.1 Å². The van der Waals surface area contributed by atoms with Gasteiger partial charge < -0.3 is 14.0 Å². The fourth-order valence-corrected chi connectivity index (χ4v) is 5.97. The molecule has 196 valence electrons. The number of carbonyl (C=O) groups is 1. The van der Waals surface area contributed by atoms with Gasteiger partial charge in [-0.15, -0.1) is 0 Å². The molecule has 0 saturated carbocycles. The molecule has 0 atom stereocenters. The first kappa shape index (κ1) is 27.2. The fraction of sp³-hybridized carbons (Fsp3) is 0.0741. The Balaban J connectivity index is 0.000000368. The van der Waals surface area contributed by atoms with E-state index in [0.29, 0.717) is 11.1 Å². The molecule has 0 N–H and O–H groups in total. The number of benzene rings is 4. The number of carbonyl (C=O) groups excluding carboxylic acids is 1. The number of methoxy groups -OCH3 is 1. The number of hydrogen-bond acceptors (Lipinski definition) is 6. The van der Waals surface area contributed by atoms with Crippen molar-refractivity contribution in [2.24, 2.45) is 0 Å². The molecule has 4 aromatic rings. The third-order valence-corrected chi connectivity index (χ3v) is 8.20. The molecule has 38 heavy (non-hydrogen) atoms. The Morgan fingerprint density at radius 3 is 1.79 bits per heavy atom. The first-order valence-corrected chi connectivity index (χ1v) is 13.5. The first-order valence-electron chi connectivity index (χ1n) is 10.9. The van der Waals surface area contributed by atoms with E-state index in [-0.39, 0.29) is 5.78 Å². The summed E-state index contributed by atoms with van der Waals surface area (Å²) in [6.45, 7) is 0. The van der Waals surface area contributed by atoms with E-state index >= 15 is 0 Å². The van der Waals surface area contributed by atoms with Crippen molar-refractivity contribution in [2.75, 3.05) is 7.11 Å². The molecule has 4 aromatic carbocycles. The zero-order valence-electron chi connectivity index (χ0n) is 19.6. The van der Waals surface area contributed by atoms with Crippen LogP contribution in [0.5, 0.6) is 17.2 Å². The summed E-state index contributed by atoms with van der Waals surface area (Å²) in [5.41, 5.74) is -4.33. The van der Waals surface area contributed by atoms with Crippen LogP contribution < -0.4 is 9.47 Å². The number of alkyl halides is 3. The van der Waals surface area contributed by atoms with Gasteiger partial charge in [0.25, 0.3) is 0 Å². The summed E-state index contributed by atoms with van der Waals surface area (Å²) in [7, 11) is -4.88. The maximum atomic E-state index is 13.1. The smallest absolute Gasteiger partial charge is 0.485 e. The summed E-state index contributed by atoms with van der Waals surface area (Å²) in [4.78, 5) is 16.2. The summed E-state index contributed by atoms with van der Waals surface area (Å²) in [6, 6.07) is 31.1. The first-order chi connectivity index (χ1) is 18.0. The molecule has 0 saturated heterocycles. The van der Waals surface area contributed by atoms with E-state index in [1.165, 1.54) is 0 Å². The zero-order chi connectivity index (χ0) is 27.5. The van der Waals surface area contributed by atoms with Gasteiger partial charge >= 0.3 is 5.51 Å². The minimum atomic E-state index is -6.09. The fourth-order valence-electron chi connectivity index (χ4n) is 3.61. The molecule has 0 amide bonds. The lowest BCUT2D eigenvalue weighted by molar-refractivity contribution is -0.0517. The average Bonchev–Trinajstić information content (AvgIpc) is 2.90. The van der Waals surface area contributed by atoms with Crippen molar-refractivity contribution in [3.8, 4) is 17.2 Å². The van der Waals surface area contributed by atoms with E-state index < -0.39 is 26.5 Å². The normalized spacial score (nSPS) is 12.8. The maximum Gasteiger partial charge on any atom is 0.485 e. The van der Waals surface area contributed by atoms with Crippen LogP contribution in [0.4, 0.5) is 13.2 Å². The topological polar surface area (TPSA) is 92.7 Å². The second kappa shape index (κ2) is 10.9. The molecule has 0 aromatic heterocycles. The molecule has 1 aliphatic rings. The molecular weight excluding hydrogens is 541 g/mol. The lowest BCUT2D eigenvalue weighted by atomic mass is 10.0. The van der Waals surface area contributed by atoms with E-state index in [9.17, 15) is 18.0 Å². The summed E-state index contributed by atoms with van der Waals surface area (Å²) >= 11 is 0. The van der Waals surface area contributed by atoms with Gasteiger partial charge in [-0.2, -0.15) is 13.2 Å². The van der Waals surface area contributed by atoms with Crippen molar-refractivity contribution < 1.29 is 40.4 Å². The zero-order valence-corrected chi connectivity index (χ0v) is 21.3. The molecule has 0 unspecified atom stereocenters. The van der Waals surface area contributed by atoms with Gasteiger partial charge in [0.05, 0.1) is 7.11 Å². The van der Waals surface area contributed by atoms with Gasteiger partial charge in [0.1, 0.15) is 10.9 Å². The molecule has 0 radical (unpaired) electrons. The second-order valence-corrected chi connectivity index (χ2v) is 11.1. The van der Waals surface area contributed by atoms with Crippen LogP contribution in [-0.4, -0.2) is 31.4 Å². The Labute approximate surface area is 219 Å². The van der Waals surface area contributed by atoms with E-state index in [0.717, 1.165) is 31.9 Å². The highest BCUT2D eigenvalue weighted by atomic mass is 32.2. The summed E-state index contributed by atoms with van der Waals surface area (Å²) in [6.07, 6.45) is 0. The number of rotatable bonds is 4. The quantitative estimate of drug-likeness (QED) is 0.113. The molecule has 0 fully saturated rings. The summed E-state index contributed by atoms with van der Waals surface area (Å²) in [5.74, 6) is 2.43. The predicted octanol–water partition coefficient (Wildman–Crippen LogP) is 6.18. The van der Waals surface area contributed by atoms with Crippen molar-refractivity contribution in [1.82, 2.24) is 0 Å². The van der Waals surface area contributed by atoms with E-state index in [4.69, 9.17) is 22.4 Å². The summed E-state index contributed by atoms with van der Waals surface area (Å²) in [5, 5.41) is 0. The van der Waals surface area contributed by atoms with Gasteiger partial charge in [-0.1, -0.05) is 54.6 Å². The second-order valence-electron chi connectivity index (χ2n) is 7.76. The largest absolute Gasteiger partial charge is 0.741 e. The maximum absolute atomic E-state index is 13.1. The third kappa shape index (κ3) is 5.69. The molecule has 6 nitrogen and oxygen atoms in total. The molecule has 11 heteroatoms. The molecule has 5 rings (SSSR count).